The molecular formula is C17H16N4O2. The Bertz CT molecular complexity index is 716. The minimum atomic E-state index is -0.259. The van der Waals surface area contributed by atoms with Crippen molar-refractivity contribution in [3.05, 3.63) is 59.7 Å². The summed E-state index contributed by atoms with van der Waals surface area (Å²) in [6, 6.07) is 16.2. The van der Waals surface area contributed by atoms with Gasteiger partial charge in [-0.25, -0.2) is 5.43 Å². The molecule has 1 amide bonds. The van der Waals surface area contributed by atoms with E-state index >= 15 is 0 Å². The number of rotatable bonds is 6. The van der Waals surface area contributed by atoms with Crippen molar-refractivity contribution < 1.29 is 9.53 Å². The Morgan fingerprint density at radius 3 is 2.52 bits per heavy atom. The second-order valence-corrected chi connectivity index (χ2v) is 4.61. The molecule has 0 unspecified atom stereocenters. The number of amides is 1. The number of carbonyl (C=O) groups is 1. The maximum Gasteiger partial charge on any atom is 0.259 e. The summed E-state index contributed by atoms with van der Waals surface area (Å²) in [4.78, 5) is 11.7. The van der Waals surface area contributed by atoms with Gasteiger partial charge in [0.15, 0.2) is 0 Å². The number of hydrazone groups is 1. The van der Waals surface area contributed by atoms with Crippen LogP contribution < -0.4 is 15.5 Å². The lowest BCUT2D eigenvalue weighted by Crippen LogP contribution is -2.25. The highest BCUT2D eigenvalue weighted by atomic mass is 16.5. The number of hydrogen-bond acceptors (Lipinski definition) is 5. The van der Waals surface area contributed by atoms with E-state index in [4.69, 9.17) is 10.00 Å². The van der Waals surface area contributed by atoms with Crippen molar-refractivity contribution in [1.82, 2.24) is 5.43 Å². The highest BCUT2D eigenvalue weighted by Crippen LogP contribution is 2.14. The molecule has 0 heterocycles. The fraction of sp³-hybridized carbons (Fsp3) is 0.118. The zero-order valence-corrected chi connectivity index (χ0v) is 12.6. The third-order valence-electron chi connectivity index (χ3n) is 2.99. The topological polar surface area (TPSA) is 86.5 Å². The lowest BCUT2D eigenvalue weighted by atomic mass is 10.2. The first kappa shape index (κ1) is 16.0. The molecule has 0 saturated heterocycles. The monoisotopic (exact) mass is 308 g/mol. The van der Waals surface area contributed by atoms with Gasteiger partial charge in [0.1, 0.15) is 5.75 Å². The van der Waals surface area contributed by atoms with Crippen LogP contribution in [-0.4, -0.2) is 25.8 Å². The predicted molar refractivity (Wildman–Crippen MR) is 88.4 cm³/mol. The highest BCUT2D eigenvalue weighted by molar-refractivity contribution is 5.84. The Hall–Kier alpha value is -3.33. The molecule has 2 aromatic rings. The number of benzene rings is 2. The average Bonchev–Trinajstić information content (AvgIpc) is 2.61. The van der Waals surface area contributed by atoms with Crippen LogP contribution in [0.2, 0.25) is 0 Å². The maximum absolute atomic E-state index is 11.7. The van der Waals surface area contributed by atoms with Gasteiger partial charge in [-0.3, -0.25) is 4.79 Å². The summed E-state index contributed by atoms with van der Waals surface area (Å²) < 4.78 is 5.06. The molecule has 2 N–H and O–H groups in total. The first-order valence-corrected chi connectivity index (χ1v) is 6.91. The van der Waals surface area contributed by atoms with Crippen LogP contribution in [0.4, 0.5) is 5.69 Å². The van der Waals surface area contributed by atoms with Gasteiger partial charge in [-0.1, -0.05) is 12.1 Å². The number of hydrogen-bond donors (Lipinski definition) is 2. The Morgan fingerprint density at radius 2 is 1.91 bits per heavy atom. The fourth-order valence-electron chi connectivity index (χ4n) is 1.75. The van der Waals surface area contributed by atoms with E-state index < -0.39 is 0 Å². The number of nitriles is 1. The molecule has 0 spiro atoms. The van der Waals surface area contributed by atoms with Gasteiger partial charge in [0.25, 0.3) is 5.91 Å². The van der Waals surface area contributed by atoms with E-state index in [0.717, 1.165) is 17.0 Å². The lowest BCUT2D eigenvalue weighted by molar-refractivity contribution is -0.119. The molecule has 6 heteroatoms. The number of anilines is 1. The van der Waals surface area contributed by atoms with Crippen molar-refractivity contribution in [2.24, 2.45) is 5.10 Å². The van der Waals surface area contributed by atoms with Crippen LogP contribution in [0.5, 0.6) is 5.75 Å². The van der Waals surface area contributed by atoms with Gasteiger partial charge in [-0.15, -0.1) is 0 Å². The molecule has 2 aromatic carbocycles. The molecule has 0 bridgehead atoms. The third kappa shape index (κ3) is 5.17. The van der Waals surface area contributed by atoms with Crippen molar-refractivity contribution in [3.63, 3.8) is 0 Å². The molecule has 0 fully saturated rings. The van der Waals surface area contributed by atoms with E-state index in [2.05, 4.69) is 15.8 Å². The standard InChI is InChI=1S/C17H16N4O2/c1-23-16-8-6-15(7-9-16)19-12-17(22)21-20-11-14-4-2-13(10-18)3-5-14/h2-9,11,19H,12H2,1H3,(H,21,22)/b20-11+. The molecule has 0 aliphatic carbocycles. The van der Waals surface area contributed by atoms with E-state index in [1.54, 1.807) is 31.4 Å². The van der Waals surface area contributed by atoms with Crippen molar-refractivity contribution in [3.8, 4) is 11.8 Å². The van der Waals surface area contributed by atoms with Gasteiger partial charge in [0.05, 0.1) is 31.5 Å². The van der Waals surface area contributed by atoms with Gasteiger partial charge in [0.2, 0.25) is 0 Å². The van der Waals surface area contributed by atoms with Crippen LogP contribution in [0.1, 0.15) is 11.1 Å². The molecule has 0 aliphatic rings. The summed E-state index contributed by atoms with van der Waals surface area (Å²) in [5.41, 5.74) is 4.62. The van der Waals surface area contributed by atoms with Crippen molar-refractivity contribution in [2.45, 2.75) is 0 Å². The van der Waals surface area contributed by atoms with Crippen LogP contribution in [0.3, 0.4) is 0 Å². The molecule has 6 nitrogen and oxygen atoms in total. The Balaban J connectivity index is 1.77. The van der Waals surface area contributed by atoms with Crippen LogP contribution in [0.15, 0.2) is 53.6 Å². The number of nitrogens with zero attached hydrogens (tertiary/aromatic N) is 2. The zero-order valence-electron chi connectivity index (χ0n) is 12.6. The van der Waals surface area contributed by atoms with Crippen molar-refractivity contribution in [1.29, 1.82) is 5.26 Å². The lowest BCUT2D eigenvalue weighted by Gasteiger charge is -2.06. The Morgan fingerprint density at radius 1 is 1.22 bits per heavy atom. The molecule has 0 aliphatic heterocycles. The van der Waals surface area contributed by atoms with Gasteiger partial charge in [-0.2, -0.15) is 10.4 Å². The van der Waals surface area contributed by atoms with E-state index in [0.29, 0.717) is 5.56 Å². The second-order valence-electron chi connectivity index (χ2n) is 4.61. The van der Waals surface area contributed by atoms with Gasteiger partial charge in [-0.05, 0) is 42.0 Å². The molecule has 116 valence electrons. The van der Waals surface area contributed by atoms with E-state index in [1.165, 1.54) is 6.21 Å². The van der Waals surface area contributed by atoms with Gasteiger partial charge < -0.3 is 10.1 Å². The summed E-state index contributed by atoms with van der Waals surface area (Å²) in [5, 5.41) is 15.6. The van der Waals surface area contributed by atoms with E-state index in [9.17, 15) is 4.79 Å². The first-order valence-electron chi connectivity index (χ1n) is 6.91. The van der Waals surface area contributed by atoms with Crippen LogP contribution >= 0.6 is 0 Å². The number of ether oxygens (including phenoxy) is 1. The predicted octanol–water partition coefficient (Wildman–Crippen LogP) is 2.13. The second kappa shape index (κ2) is 8.20. The highest BCUT2D eigenvalue weighted by Gasteiger charge is 1.99. The Kier molecular flexibility index (Phi) is 5.72. The molecule has 0 radical (unpaired) electrons. The number of nitrogens with one attached hydrogen (secondary N) is 2. The average molecular weight is 308 g/mol. The minimum absolute atomic E-state index is 0.108. The van der Waals surface area contributed by atoms with E-state index in [1.807, 2.05) is 30.3 Å². The van der Waals surface area contributed by atoms with Gasteiger partial charge >= 0.3 is 0 Å². The number of carbonyl (C=O) groups excluding carboxylic acids is 1. The summed E-state index contributed by atoms with van der Waals surface area (Å²) in [7, 11) is 1.60. The summed E-state index contributed by atoms with van der Waals surface area (Å²) in [6.07, 6.45) is 1.52. The summed E-state index contributed by atoms with van der Waals surface area (Å²) in [5.74, 6) is 0.498. The van der Waals surface area contributed by atoms with Crippen LogP contribution in [0, 0.1) is 11.3 Å². The Labute approximate surface area is 134 Å². The summed E-state index contributed by atoms with van der Waals surface area (Å²) in [6.45, 7) is 0.108. The molecule has 2 rings (SSSR count). The molecule has 0 atom stereocenters. The molecule has 0 aromatic heterocycles. The van der Waals surface area contributed by atoms with Crippen molar-refractivity contribution >= 4 is 17.8 Å². The molecule has 0 saturated carbocycles. The quantitative estimate of drug-likeness (QED) is 0.632. The van der Waals surface area contributed by atoms with Gasteiger partial charge in [0, 0.05) is 5.69 Å². The summed E-state index contributed by atoms with van der Waals surface area (Å²) >= 11 is 0. The minimum Gasteiger partial charge on any atom is -0.497 e. The van der Waals surface area contributed by atoms with Crippen LogP contribution in [0.25, 0.3) is 0 Å². The largest absolute Gasteiger partial charge is 0.497 e. The van der Waals surface area contributed by atoms with Crippen LogP contribution in [-0.2, 0) is 4.79 Å². The first-order chi connectivity index (χ1) is 11.2. The fourth-order valence-corrected chi connectivity index (χ4v) is 1.75. The number of methoxy groups -OCH3 is 1. The smallest absolute Gasteiger partial charge is 0.259 e. The normalized spacial score (nSPS) is 10.1. The SMILES string of the molecule is COc1ccc(NCC(=O)N/N=C/c2ccc(C#N)cc2)cc1. The van der Waals surface area contributed by atoms with Crippen molar-refractivity contribution in [2.75, 3.05) is 19.0 Å². The molecular weight excluding hydrogens is 292 g/mol. The third-order valence-corrected chi connectivity index (χ3v) is 2.99. The zero-order chi connectivity index (χ0) is 16.5. The molecule has 23 heavy (non-hydrogen) atoms. The maximum atomic E-state index is 11.7. The van der Waals surface area contributed by atoms with E-state index in [-0.39, 0.29) is 12.5 Å².